The number of aromatic nitrogens is 4. The number of rotatable bonds is 4. The van der Waals surface area contributed by atoms with Crippen LogP contribution in [0, 0.1) is 0 Å². The van der Waals surface area contributed by atoms with Gasteiger partial charge in [0.25, 0.3) is 5.91 Å². The van der Waals surface area contributed by atoms with E-state index in [9.17, 15) is 9.59 Å². The highest BCUT2D eigenvalue weighted by molar-refractivity contribution is 6.03. The molecule has 1 aliphatic heterocycles. The minimum Gasteiger partial charge on any atom is -0.477 e. The molecule has 28 heavy (non-hydrogen) atoms. The van der Waals surface area contributed by atoms with Gasteiger partial charge in [0.1, 0.15) is 17.2 Å². The second kappa shape index (κ2) is 7.59. The quantitative estimate of drug-likeness (QED) is 0.723. The molecule has 0 fully saturated rings. The maximum Gasteiger partial charge on any atom is 0.354 e. The predicted octanol–water partition coefficient (Wildman–Crippen LogP) is 3.02. The average Bonchev–Trinajstić information content (AvgIpc) is 2.96. The van der Waals surface area contributed by atoms with Gasteiger partial charge in [-0.1, -0.05) is 24.6 Å². The topological polar surface area (TPSA) is 110 Å². The first kappa shape index (κ1) is 17.8. The summed E-state index contributed by atoms with van der Waals surface area (Å²) in [4.78, 5) is 27.4. The second-order valence-corrected chi connectivity index (χ2v) is 6.65. The first-order chi connectivity index (χ1) is 13.6. The Morgan fingerprint density at radius 2 is 1.82 bits per heavy atom. The lowest BCUT2D eigenvalue weighted by Gasteiger charge is -2.09. The van der Waals surface area contributed by atoms with Gasteiger partial charge < -0.3 is 15.0 Å². The van der Waals surface area contributed by atoms with Crippen LogP contribution >= 0.6 is 0 Å². The van der Waals surface area contributed by atoms with E-state index in [0.717, 1.165) is 43.0 Å². The Bertz CT molecular complexity index is 1040. The largest absolute Gasteiger partial charge is 0.477 e. The lowest BCUT2D eigenvalue weighted by Crippen LogP contribution is -2.15. The molecule has 4 rings (SSSR count). The van der Waals surface area contributed by atoms with E-state index in [-0.39, 0.29) is 11.4 Å². The number of carboxylic acid groups (broad SMARTS) is 1. The Labute approximate surface area is 161 Å². The van der Waals surface area contributed by atoms with E-state index in [2.05, 4.69) is 25.1 Å². The molecule has 0 saturated carbocycles. The smallest absolute Gasteiger partial charge is 0.354 e. The van der Waals surface area contributed by atoms with Crippen LogP contribution in [0.25, 0.3) is 11.4 Å². The molecule has 142 valence electrons. The minimum absolute atomic E-state index is 0.0432. The van der Waals surface area contributed by atoms with Gasteiger partial charge in [-0.15, -0.1) is 10.2 Å². The Hall–Kier alpha value is -3.55. The fourth-order valence-corrected chi connectivity index (χ4v) is 3.31. The number of pyridine rings is 1. The van der Waals surface area contributed by atoms with E-state index in [4.69, 9.17) is 5.11 Å². The monoisotopic (exact) mass is 377 g/mol. The number of aryl methyl sites for hydroxylation is 1. The van der Waals surface area contributed by atoms with Crippen LogP contribution in [-0.2, 0) is 13.0 Å². The van der Waals surface area contributed by atoms with Crippen LogP contribution in [0.5, 0.6) is 0 Å². The number of nitrogens with zero attached hydrogens (tertiary/aromatic N) is 4. The van der Waals surface area contributed by atoms with Gasteiger partial charge in [-0.25, -0.2) is 9.78 Å². The number of nitrogens with one attached hydrogen (secondary N) is 1. The molecule has 0 aliphatic carbocycles. The van der Waals surface area contributed by atoms with Gasteiger partial charge in [-0.2, -0.15) is 0 Å². The van der Waals surface area contributed by atoms with Crippen LogP contribution in [0.2, 0.25) is 0 Å². The summed E-state index contributed by atoms with van der Waals surface area (Å²) in [7, 11) is 0. The summed E-state index contributed by atoms with van der Waals surface area (Å²) in [5, 5.41) is 20.5. The zero-order valence-electron chi connectivity index (χ0n) is 15.1. The van der Waals surface area contributed by atoms with Crippen molar-refractivity contribution in [3.8, 4) is 11.4 Å². The van der Waals surface area contributed by atoms with Crippen LogP contribution in [0.15, 0.2) is 42.5 Å². The van der Waals surface area contributed by atoms with Crippen molar-refractivity contribution in [1.82, 2.24) is 19.7 Å². The Balaban J connectivity index is 1.58. The second-order valence-electron chi connectivity index (χ2n) is 6.65. The maximum atomic E-state index is 12.5. The molecule has 1 amide bonds. The molecule has 2 N–H and O–H groups in total. The molecule has 0 unspecified atom stereocenters. The molecular formula is C20H19N5O3. The van der Waals surface area contributed by atoms with Gasteiger partial charge in [0.05, 0.1) is 0 Å². The molecule has 1 aromatic carbocycles. The number of hydrogen-bond donors (Lipinski definition) is 2. The van der Waals surface area contributed by atoms with Crippen molar-refractivity contribution in [3.05, 3.63) is 59.7 Å². The molecule has 8 nitrogen and oxygen atoms in total. The molecule has 0 spiro atoms. The molecule has 0 bridgehead atoms. The standard InChI is InChI=1S/C20H19N5O3/c26-19(15-8-5-9-16(22-15)20(27)28)21-14-7-4-6-13(12-14)18-24-23-17-10-2-1-3-11-25(17)18/h4-9,12H,1-3,10-11H2,(H,21,26)(H,27,28). The molecular weight excluding hydrogens is 358 g/mol. The van der Waals surface area contributed by atoms with Crippen LogP contribution < -0.4 is 5.32 Å². The van der Waals surface area contributed by atoms with Crippen molar-refractivity contribution in [2.45, 2.75) is 32.2 Å². The Kier molecular flexibility index (Phi) is 4.84. The summed E-state index contributed by atoms with van der Waals surface area (Å²) in [5.41, 5.74) is 1.32. The fraction of sp³-hybridized carbons (Fsp3) is 0.250. The van der Waals surface area contributed by atoms with Gasteiger partial charge in [0.2, 0.25) is 0 Å². The third kappa shape index (κ3) is 3.62. The normalized spacial score (nSPS) is 13.4. The highest BCUT2D eigenvalue weighted by atomic mass is 16.4. The zero-order valence-corrected chi connectivity index (χ0v) is 15.1. The molecule has 0 atom stereocenters. The molecule has 8 heteroatoms. The first-order valence-corrected chi connectivity index (χ1v) is 9.16. The van der Waals surface area contributed by atoms with E-state index < -0.39 is 11.9 Å². The fourth-order valence-electron chi connectivity index (χ4n) is 3.31. The van der Waals surface area contributed by atoms with Crippen molar-refractivity contribution in [3.63, 3.8) is 0 Å². The highest BCUT2D eigenvalue weighted by Gasteiger charge is 2.17. The summed E-state index contributed by atoms with van der Waals surface area (Å²) < 4.78 is 2.14. The van der Waals surface area contributed by atoms with Crippen LogP contribution in [0.3, 0.4) is 0 Å². The number of carbonyl (C=O) groups excluding carboxylic acids is 1. The lowest BCUT2D eigenvalue weighted by molar-refractivity contribution is 0.0690. The zero-order chi connectivity index (χ0) is 19.5. The number of carbonyl (C=O) groups is 2. The first-order valence-electron chi connectivity index (χ1n) is 9.16. The van der Waals surface area contributed by atoms with Crippen LogP contribution in [0.1, 0.15) is 46.1 Å². The minimum atomic E-state index is -1.18. The highest BCUT2D eigenvalue weighted by Crippen LogP contribution is 2.25. The van der Waals surface area contributed by atoms with Gasteiger partial charge in [0.15, 0.2) is 5.82 Å². The van der Waals surface area contributed by atoms with Crippen LogP contribution in [0.4, 0.5) is 5.69 Å². The van der Waals surface area contributed by atoms with E-state index >= 15 is 0 Å². The Morgan fingerprint density at radius 3 is 2.68 bits per heavy atom. The number of benzene rings is 1. The van der Waals surface area contributed by atoms with E-state index in [1.165, 1.54) is 24.6 Å². The molecule has 1 aliphatic rings. The van der Waals surface area contributed by atoms with E-state index in [1.807, 2.05) is 18.2 Å². The average molecular weight is 377 g/mol. The number of carboxylic acids is 1. The molecule has 0 saturated heterocycles. The van der Waals surface area contributed by atoms with Crippen molar-refractivity contribution in [1.29, 1.82) is 0 Å². The SMILES string of the molecule is O=C(O)c1cccc(C(=O)Nc2cccc(-c3nnc4n3CCCCC4)c2)n1. The molecule has 0 radical (unpaired) electrons. The summed E-state index contributed by atoms with van der Waals surface area (Å²) in [6.07, 6.45) is 4.33. The lowest BCUT2D eigenvalue weighted by atomic mass is 10.1. The van der Waals surface area contributed by atoms with Crippen molar-refractivity contribution < 1.29 is 14.7 Å². The molecule has 2 aromatic heterocycles. The number of anilines is 1. The number of amides is 1. The third-order valence-electron chi connectivity index (χ3n) is 4.69. The van der Waals surface area contributed by atoms with Crippen LogP contribution in [-0.4, -0.2) is 36.7 Å². The van der Waals surface area contributed by atoms with Gasteiger partial charge >= 0.3 is 5.97 Å². The number of aromatic carboxylic acids is 1. The van der Waals surface area contributed by atoms with Crippen molar-refractivity contribution in [2.75, 3.05) is 5.32 Å². The Morgan fingerprint density at radius 1 is 1.00 bits per heavy atom. The number of fused-ring (bicyclic) bond motifs is 1. The van der Waals surface area contributed by atoms with E-state index in [1.54, 1.807) is 6.07 Å². The summed E-state index contributed by atoms with van der Waals surface area (Å²) in [6, 6.07) is 11.7. The maximum absolute atomic E-state index is 12.5. The summed E-state index contributed by atoms with van der Waals surface area (Å²) >= 11 is 0. The summed E-state index contributed by atoms with van der Waals surface area (Å²) in [6.45, 7) is 0.889. The molecule has 3 heterocycles. The van der Waals surface area contributed by atoms with E-state index in [0.29, 0.717) is 5.69 Å². The van der Waals surface area contributed by atoms with Gasteiger partial charge in [-0.3, -0.25) is 4.79 Å². The third-order valence-corrected chi connectivity index (χ3v) is 4.69. The summed E-state index contributed by atoms with van der Waals surface area (Å²) in [5.74, 6) is 0.139. The van der Waals surface area contributed by atoms with Gasteiger partial charge in [-0.05, 0) is 37.1 Å². The van der Waals surface area contributed by atoms with Crippen molar-refractivity contribution >= 4 is 17.6 Å². The van der Waals surface area contributed by atoms with Gasteiger partial charge in [0, 0.05) is 24.2 Å². The molecule has 3 aromatic rings. The van der Waals surface area contributed by atoms with Crippen molar-refractivity contribution in [2.24, 2.45) is 0 Å². The predicted molar refractivity (Wildman–Crippen MR) is 102 cm³/mol. The number of hydrogen-bond acceptors (Lipinski definition) is 5.